The first kappa shape index (κ1) is 15.7. The van der Waals surface area contributed by atoms with Gasteiger partial charge in [-0.2, -0.15) is 0 Å². The van der Waals surface area contributed by atoms with Crippen LogP contribution in [-0.4, -0.2) is 26.2 Å². The van der Waals surface area contributed by atoms with Gasteiger partial charge in [0, 0.05) is 16.6 Å². The highest BCUT2D eigenvalue weighted by molar-refractivity contribution is 7.88. The van der Waals surface area contributed by atoms with Crippen molar-refractivity contribution >= 4 is 33.2 Å². The molecular weight excluding hydrogens is 297 g/mol. The largest absolute Gasteiger partial charge is 0.393 e. The molecule has 1 atom stereocenters. The Kier molecular flexibility index (Phi) is 5.88. The van der Waals surface area contributed by atoms with Crippen LogP contribution in [0.4, 0.5) is 0 Å². The van der Waals surface area contributed by atoms with Crippen LogP contribution in [0.2, 0.25) is 10.0 Å². The molecule has 1 aromatic carbocycles. The molecule has 0 aliphatic rings. The minimum Gasteiger partial charge on any atom is -0.393 e. The number of hydrogen-bond donors (Lipinski definition) is 2. The fourth-order valence-electron chi connectivity index (χ4n) is 1.32. The van der Waals surface area contributed by atoms with E-state index in [1.807, 2.05) is 0 Å². The monoisotopic (exact) mass is 311 g/mol. The Morgan fingerprint density at radius 1 is 1.39 bits per heavy atom. The molecule has 0 bridgehead atoms. The van der Waals surface area contributed by atoms with Crippen LogP contribution in [0, 0.1) is 0 Å². The average Bonchev–Trinajstić information content (AvgIpc) is 2.21. The van der Waals surface area contributed by atoms with E-state index in [0.717, 1.165) is 0 Å². The number of hydrogen-bond acceptors (Lipinski definition) is 3. The van der Waals surface area contributed by atoms with E-state index in [0.29, 0.717) is 22.0 Å². The zero-order chi connectivity index (χ0) is 13.8. The molecule has 0 radical (unpaired) electrons. The minimum atomic E-state index is -3.45. The molecule has 0 saturated heterocycles. The topological polar surface area (TPSA) is 66.4 Å². The summed E-state index contributed by atoms with van der Waals surface area (Å²) in [4.78, 5) is 0. The van der Waals surface area contributed by atoms with Gasteiger partial charge < -0.3 is 5.11 Å². The number of aliphatic hydroxyl groups excluding tert-OH is 1. The Bertz CT molecular complexity index is 503. The summed E-state index contributed by atoms with van der Waals surface area (Å²) < 4.78 is 25.9. The van der Waals surface area contributed by atoms with E-state index >= 15 is 0 Å². The molecular formula is C11H15Cl2NO3S. The molecule has 18 heavy (non-hydrogen) atoms. The summed E-state index contributed by atoms with van der Waals surface area (Å²) in [6.45, 7) is 1.80. The van der Waals surface area contributed by atoms with Crippen LogP contribution in [0.3, 0.4) is 0 Å². The van der Waals surface area contributed by atoms with Crippen LogP contribution >= 0.6 is 23.2 Å². The molecule has 1 aromatic rings. The van der Waals surface area contributed by atoms with Gasteiger partial charge in [-0.1, -0.05) is 29.3 Å². The summed E-state index contributed by atoms with van der Waals surface area (Å²) in [6.07, 6.45) is -0.167. The summed E-state index contributed by atoms with van der Waals surface area (Å²) in [6, 6.07) is 4.68. The quantitative estimate of drug-likeness (QED) is 0.846. The fourth-order valence-corrected chi connectivity index (χ4v) is 3.06. The molecule has 1 unspecified atom stereocenters. The zero-order valence-corrected chi connectivity index (χ0v) is 12.2. The van der Waals surface area contributed by atoms with Crippen molar-refractivity contribution in [2.45, 2.75) is 25.2 Å². The van der Waals surface area contributed by atoms with E-state index in [4.69, 9.17) is 28.3 Å². The van der Waals surface area contributed by atoms with Gasteiger partial charge in [-0.25, -0.2) is 13.1 Å². The molecule has 7 heteroatoms. The van der Waals surface area contributed by atoms with Crippen molar-refractivity contribution in [1.29, 1.82) is 0 Å². The van der Waals surface area contributed by atoms with Crippen molar-refractivity contribution in [2.24, 2.45) is 0 Å². The van der Waals surface area contributed by atoms with Crippen molar-refractivity contribution in [2.75, 3.05) is 6.54 Å². The Labute approximate surface area is 117 Å². The number of benzene rings is 1. The van der Waals surface area contributed by atoms with Crippen LogP contribution in [0.25, 0.3) is 0 Å². The van der Waals surface area contributed by atoms with Gasteiger partial charge in [0.25, 0.3) is 0 Å². The summed E-state index contributed by atoms with van der Waals surface area (Å²) in [7, 11) is -3.45. The van der Waals surface area contributed by atoms with E-state index in [1.54, 1.807) is 19.1 Å². The third-order valence-corrected chi connectivity index (χ3v) is 4.17. The zero-order valence-electron chi connectivity index (χ0n) is 9.86. The standard InChI is InChI=1S/C11H15Cl2NO3S/c1-8(15)4-5-14-18(16,17)7-9-2-3-10(12)6-11(9)13/h2-3,6,8,14-15H,4-5,7H2,1H3. The average molecular weight is 312 g/mol. The normalized spacial score (nSPS) is 13.6. The van der Waals surface area contributed by atoms with Crippen LogP contribution in [-0.2, 0) is 15.8 Å². The molecule has 0 heterocycles. The summed E-state index contributed by atoms with van der Waals surface area (Å²) >= 11 is 11.6. The highest BCUT2D eigenvalue weighted by Gasteiger charge is 2.13. The molecule has 1 rings (SSSR count). The minimum absolute atomic E-state index is 0.200. The van der Waals surface area contributed by atoms with Gasteiger partial charge in [0.2, 0.25) is 10.0 Å². The van der Waals surface area contributed by atoms with Crippen LogP contribution in [0.1, 0.15) is 18.9 Å². The SMILES string of the molecule is CC(O)CCNS(=O)(=O)Cc1ccc(Cl)cc1Cl. The van der Waals surface area contributed by atoms with E-state index in [9.17, 15) is 8.42 Å². The third-order valence-electron chi connectivity index (χ3n) is 2.24. The van der Waals surface area contributed by atoms with E-state index in [-0.39, 0.29) is 12.3 Å². The van der Waals surface area contributed by atoms with Gasteiger partial charge in [-0.05, 0) is 31.0 Å². The summed E-state index contributed by atoms with van der Waals surface area (Å²) in [5.41, 5.74) is 0.491. The Hall–Kier alpha value is -0.330. The molecule has 0 aliphatic heterocycles. The predicted molar refractivity (Wildman–Crippen MR) is 73.4 cm³/mol. The Balaban J connectivity index is 2.65. The van der Waals surface area contributed by atoms with Crippen molar-refractivity contribution in [3.63, 3.8) is 0 Å². The molecule has 0 aromatic heterocycles. The van der Waals surface area contributed by atoms with E-state index < -0.39 is 16.1 Å². The lowest BCUT2D eigenvalue weighted by Gasteiger charge is -2.09. The number of nitrogens with one attached hydrogen (secondary N) is 1. The molecule has 0 aliphatic carbocycles. The second-order valence-electron chi connectivity index (χ2n) is 4.03. The first-order valence-electron chi connectivity index (χ1n) is 5.39. The molecule has 0 saturated carbocycles. The lowest BCUT2D eigenvalue weighted by molar-refractivity contribution is 0.186. The summed E-state index contributed by atoms with van der Waals surface area (Å²) in [5.74, 6) is -0.206. The molecule has 0 spiro atoms. The molecule has 0 amide bonds. The molecule has 0 fully saturated rings. The highest BCUT2D eigenvalue weighted by atomic mass is 35.5. The fraction of sp³-hybridized carbons (Fsp3) is 0.455. The Morgan fingerprint density at radius 3 is 2.61 bits per heavy atom. The van der Waals surface area contributed by atoms with Crippen LogP contribution in [0.15, 0.2) is 18.2 Å². The first-order chi connectivity index (χ1) is 8.30. The first-order valence-corrected chi connectivity index (χ1v) is 7.80. The van der Waals surface area contributed by atoms with Gasteiger partial charge in [0.1, 0.15) is 0 Å². The van der Waals surface area contributed by atoms with Crippen molar-refractivity contribution in [1.82, 2.24) is 4.72 Å². The lowest BCUT2D eigenvalue weighted by atomic mass is 10.2. The number of sulfonamides is 1. The summed E-state index contributed by atoms with van der Waals surface area (Å²) in [5, 5.41) is 9.83. The Morgan fingerprint density at radius 2 is 2.06 bits per heavy atom. The molecule has 102 valence electrons. The van der Waals surface area contributed by atoms with Gasteiger partial charge in [0.15, 0.2) is 0 Å². The third kappa shape index (κ3) is 5.54. The number of aliphatic hydroxyl groups is 1. The second kappa shape index (κ2) is 6.73. The molecule has 4 nitrogen and oxygen atoms in total. The van der Waals surface area contributed by atoms with Gasteiger partial charge in [-0.15, -0.1) is 0 Å². The number of halogens is 2. The van der Waals surface area contributed by atoms with E-state index in [1.165, 1.54) is 6.07 Å². The second-order valence-corrected chi connectivity index (χ2v) is 6.68. The maximum atomic E-state index is 11.7. The number of rotatable bonds is 6. The van der Waals surface area contributed by atoms with Crippen molar-refractivity contribution in [3.8, 4) is 0 Å². The maximum absolute atomic E-state index is 11.7. The van der Waals surface area contributed by atoms with Gasteiger partial charge in [0.05, 0.1) is 11.9 Å². The van der Waals surface area contributed by atoms with E-state index in [2.05, 4.69) is 4.72 Å². The molecule has 2 N–H and O–H groups in total. The van der Waals surface area contributed by atoms with Gasteiger partial charge in [-0.3, -0.25) is 0 Å². The van der Waals surface area contributed by atoms with Crippen LogP contribution < -0.4 is 4.72 Å². The predicted octanol–water partition coefficient (Wildman–Crippen LogP) is 2.18. The highest BCUT2D eigenvalue weighted by Crippen LogP contribution is 2.22. The van der Waals surface area contributed by atoms with Crippen LogP contribution in [0.5, 0.6) is 0 Å². The maximum Gasteiger partial charge on any atom is 0.215 e. The lowest BCUT2D eigenvalue weighted by Crippen LogP contribution is -2.28. The van der Waals surface area contributed by atoms with Crippen molar-refractivity contribution < 1.29 is 13.5 Å². The van der Waals surface area contributed by atoms with Crippen molar-refractivity contribution in [3.05, 3.63) is 33.8 Å². The van der Waals surface area contributed by atoms with Gasteiger partial charge >= 0.3 is 0 Å². The smallest absolute Gasteiger partial charge is 0.215 e.